The molecule has 34 heavy (non-hydrogen) atoms. The van der Waals surface area contributed by atoms with Crippen molar-refractivity contribution in [3.8, 4) is 0 Å². The molecule has 3 heterocycles. The fraction of sp³-hybridized carbons (Fsp3) is 0.174. The Balaban J connectivity index is 1.45. The summed E-state index contributed by atoms with van der Waals surface area (Å²) in [6.45, 7) is 0.504. The predicted molar refractivity (Wildman–Crippen MR) is 125 cm³/mol. The van der Waals surface area contributed by atoms with Crippen molar-refractivity contribution in [3.05, 3.63) is 89.1 Å². The number of halogens is 2. The van der Waals surface area contributed by atoms with Crippen LogP contribution in [0.1, 0.15) is 35.1 Å². The summed E-state index contributed by atoms with van der Waals surface area (Å²) in [6.07, 6.45) is 3.34. The van der Waals surface area contributed by atoms with Crippen molar-refractivity contribution in [2.45, 2.75) is 23.8 Å². The van der Waals surface area contributed by atoms with Gasteiger partial charge < -0.3 is 4.90 Å². The Morgan fingerprint density at radius 2 is 1.88 bits per heavy atom. The SMILES string of the molecule is O=C(c1ccc(Cl)c(S(=O)(=O)Nc2ccc(F)cc2)c1)N1CCCC1c1nnc2ccccn12. The fourth-order valence-corrected chi connectivity index (χ4v) is 5.69. The van der Waals surface area contributed by atoms with E-state index in [-0.39, 0.29) is 33.1 Å². The van der Waals surface area contributed by atoms with Crippen LogP contribution in [0, 0.1) is 5.82 Å². The Labute approximate surface area is 200 Å². The molecule has 1 atom stereocenters. The molecule has 0 aliphatic carbocycles. The first-order valence-electron chi connectivity index (χ1n) is 10.5. The fourth-order valence-electron chi connectivity index (χ4n) is 4.10. The van der Waals surface area contributed by atoms with E-state index in [1.165, 1.54) is 30.3 Å². The van der Waals surface area contributed by atoms with Crippen molar-refractivity contribution in [2.24, 2.45) is 0 Å². The molecule has 0 saturated carbocycles. The summed E-state index contributed by atoms with van der Waals surface area (Å²) >= 11 is 6.19. The molecule has 2 aromatic carbocycles. The summed E-state index contributed by atoms with van der Waals surface area (Å²) in [7, 11) is -4.12. The number of rotatable bonds is 5. The summed E-state index contributed by atoms with van der Waals surface area (Å²) in [6, 6.07) is 14.3. The largest absolute Gasteiger partial charge is 0.328 e. The number of nitrogens with zero attached hydrogens (tertiary/aromatic N) is 4. The van der Waals surface area contributed by atoms with Crippen LogP contribution in [-0.4, -0.2) is 40.4 Å². The first-order valence-corrected chi connectivity index (χ1v) is 12.4. The van der Waals surface area contributed by atoms with E-state index >= 15 is 0 Å². The Morgan fingerprint density at radius 1 is 1.09 bits per heavy atom. The van der Waals surface area contributed by atoms with E-state index in [9.17, 15) is 17.6 Å². The second-order valence-electron chi connectivity index (χ2n) is 7.90. The van der Waals surface area contributed by atoms with Crippen LogP contribution >= 0.6 is 11.6 Å². The minimum Gasteiger partial charge on any atom is -0.328 e. The van der Waals surface area contributed by atoms with Crippen LogP contribution in [0.25, 0.3) is 5.65 Å². The number of pyridine rings is 1. The zero-order chi connectivity index (χ0) is 23.9. The van der Waals surface area contributed by atoms with E-state index in [1.807, 2.05) is 28.8 Å². The van der Waals surface area contributed by atoms with Crippen molar-refractivity contribution < 1.29 is 17.6 Å². The lowest BCUT2D eigenvalue weighted by molar-refractivity contribution is 0.0729. The van der Waals surface area contributed by atoms with E-state index in [0.29, 0.717) is 24.4 Å². The average molecular weight is 500 g/mol. The number of sulfonamides is 1. The monoisotopic (exact) mass is 499 g/mol. The third-order valence-corrected chi connectivity index (χ3v) is 7.58. The van der Waals surface area contributed by atoms with E-state index in [2.05, 4.69) is 14.9 Å². The molecule has 0 bridgehead atoms. The van der Waals surface area contributed by atoms with Crippen LogP contribution in [0.2, 0.25) is 5.02 Å². The highest BCUT2D eigenvalue weighted by molar-refractivity contribution is 7.92. The van der Waals surface area contributed by atoms with Crippen molar-refractivity contribution >= 4 is 38.9 Å². The minimum atomic E-state index is -4.12. The maximum absolute atomic E-state index is 13.4. The third kappa shape index (κ3) is 4.10. The molecule has 174 valence electrons. The van der Waals surface area contributed by atoms with Gasteiger partial charge in [0.25, 0.3) is 15.9 Å². The molecule has 0 radical (unpaired) electrons. The molecule has 11 heteroatoms. The van der Waals surface area contributed by atoms with E-state index < -0.39 is 15.8 Å². The molecule has 1 amide bonds. The third-order valence-electron chi connectivity index (χ3n) is 5.72. The number of aromatic nitrogens is 3. The van der Waals surface area contributed by atoms with E-state index in [0.717, 1.165) is 18.6 Å². The Hall–Kier alpha value is -3.50. The number of anilines is 1. The second kappa shape index (κ2) is 8.69. The normalized spacial score (nSPS) is 16.2. The zero-order valence-corrected chi connectivity index (χ0v) is 19.3. The molecule has 1 unspecified atom stereocenters. The average Bonchev–Trinajstić information content (AvgIpc) is 3.47. The molecule has 1 saturated heterocycles. The molecule has 2 aromatic heterocycles. The van der Waals surface area contributed by atoms with Gasteiger partial charge in [-0.3, -0.25) is 13.9 Å². The topological polar surface area (TPSA) is 96.7 Å². The van der Waals surface area contributed by atoms with Gasteiger partial charge in [-0.2, -0.15) is 0 Å². The summed E-state index contributed by atoms with van der Waals surface area (Å²) in [5, 5.41) is 8.44. The first-order chi connectivity index (χ1) is 16.3. The van der Waals surface area contributed by atoms with Crippen molar-refractivity contribution in [2.75, 3.05) is 11.3 Å². The molecule has 0 spiro atoms. The van der Waals surface area contributed by atoms with Gasteiger partial charge in [-0.25, -0.2) is 12.8 Å². The van der Waals surface area contributed by atoms with Crippen LogP contribution in [0.4, 0.5) is 10.1 Å². The maximum Gasteiger partial charge on any atom is 0.263 e. The number of carbonyl (C=O) groups excluding carboxylic acids is 1. The van der Waals surface area contributed by atoms with Gasteiger partial charge in [-0.05, 0) is 67.4 Å². The quantitative estimate of drug-likeness (QED) is 0.441. The number of hydrogen-bond acceptors (Lipinski definition) is 5. The number of likely N-dealkylation sites (tertiary alicyclic amines) is 1. The number of fused-ring (bicyclic) bond motifs is 1. The van der Waals surface area contributed by atoms with Gasteiger partial charge in [0.1, 0.15) is 10.7 Å². The van der Waals surface area contributed by atoms with Crippen molar-refractivity contribution in [3.63, 3.8) is 0 Å². The van der Waals surface area contributed by atoms with Gasteiger partial charge in [0, 0.05) is 24.0 Å². The highest BCUT2D eigenvalue weighted by Gasteiger charge is 2.34. The van der Waals surface area contributed by atoms with Crippen LogP contribution < -0.4 is 4.72 Å². The number of nitrogens with one attached hydrogen (secondary N) is 1. The Bertz CT molecular complexity index is 1490. The minimum absolute atomic E-state index is 0.0346. The zero-order valence-electron chi connectivity index (χ0n) is 17.7. The van der Waals surface area contributed by atoms with E-state index in [1.54, 1.807) is 4.90 Å². The summed E-state index contributed by atoms with van der Waals surface area (Å²) in [5.41, 5.74) is 1.04. The standard InChI is InChI=1S/C23H19ClFN5O3S/c24-18-11-6-15(14-20(18)34(32,33)28-17-9-7-16(25)8-10-17)23(31)29-13-3-4-19(29)22-27-26-21-5-1-2-12-30(21)22/h1-2,5-12,14,19,28H,3-4,13H2. The van der Waals surface area contributed by atoms with E-state index in [4.69, 9.17) is 11.6 Å². The molecular formula is C23H19ClFN5O3S. The van der Waals surface area contributed by atoms with Gasteiger partial charge in [0.15, 0.2) is 11.5 Å². The van der Waals surface area contributed by atoms with Crippen LogP contribution in [0.5, 0.6) is 0 Å². The smallest absolute Gasteiger partial charge is 0.263 e. The summed E-state index contributed by atoms with van der Waals surface area (Å²) < 4.78 is 43.3. The lowest BCUT2D eigenvalue weighted by Crippen LogP contribution is -2.31. The summed E-state index contributed by atoms with van der Waals surface area (Å²) in [4.78, 5) is 14.9. The predicted octanol–water partition coefficient (Wildman–Crippen LogP) is 4.30. The molecule has 1 fully saturated rings. The molecule has 8 nitrogen and oxygen atoms in total. The Morgan fingerprint density at radius 3 is 2.68 bits per heavy atom. The van der Waals surface area contributed by atoms with Gasteiger partial charge in [-0.15, -0.1) is 10.2 Å². The number of amides is 1. The van der Waals surface area contributed by atoms with Crippen molar-refractivity contribution in [1.29, 1.82) is 0 Å². The van der Waals surface area contributed by atoms with Crippen LogP contribution in [0.3, 0.4) is 0 Å². The first kappa shape index (κ1) is 22.3. The molecular weight excluding hydrogens is 481 g/mol. The van der Waals surface area contributed by atoms with Crippen molar-refractivity contribution in [1.82, 2.24) is 19.5 Å². The highest BCUT2D eigenvalue weighted by Crippen LogP contribution is 2.33. The maximum atomic E-state index is 13.4. The Kier molecular flexibility index (Phi) is 5.70. The molecule has 1 aliphatic heterocycles. The van der Waals surface area contributed by atoms with Crippen LogP contribution in [-0.2, 0) is 10.0 Å². The van der Waals surface area contributed by atoms with Crippen LogP contribution in [0.15, 0.2) is 71.8 Å². The lowest BCUT2D eigenvalue weighted by atomic mass is 10.1. The van der Waals surface area contributed by atoms with Gasteiger partial charge >= 0.3 is 0 Å². The number of benzene rings is 2. The highest BCUT2D eigenvalue weighted by atomic mass is 35.5. The summed E-state index contributed by atoms with van der Waals surface area (Å²) in [5.74, 6) is -0.166. The van der Waals surface area contributed by atoms with Gasteiger partial charge in [0.2, 0.25) is 0 Å². The second-order valence-corrected chi connectivity index (χ2v) is 9.96. The van der Waals surface area contributed by atoms with Gasteiger partial charge in [-0.1, -0.05) is 17.7 Å². The molecule has 4 aromatic rings. The lowest BCUT2D eigenvalue weighted by Gasteiger charge is -2.24. The number of carbonyl (C=O) groups is 1. The molecule has 5 rings (SSSR count). The van der Waals surface area contributed by atoms with Gasteiger partial charge in [0.05, 0.1) is 11.1 Å². The molecule has 1 N–H and O–H groups in total. The number of hydrogen-bond donors (Lipinski definition) is 1. The molecule has 1 aliphatic rings.